The summed E-state index contributed by atoms with van der Waals surface area (Å²) in [6.45, 7) is 1.77. The van der Waals surface area contributed by atoms with Crippen LogP contribution in [0, 0.1) is 12.7 Å². The lowest BCUT2D eigenvalue weighted by Crippen LogP contribution is -1.91. The Morgan fingerprint density at radius 2 is 1.60 bits per heavy atom. The molecule has 0 radical (unpaired) electrons. The molecule has 2 aromatic heterocycles. The Balaban J connectivity index is 2.26. The van der Waals surface area contributed by atoms with Gasteiger partial charge in [-0.3, -0.25) is 9.97 Å². The van der Waals surface area contributed by atoms with Gasteiger partial charge in [-0.1, -0.05) is 6.07 Å². The van der Waals surface area contributed by atoms with Crippen LogP contribution in [0.25, 0.3) is 22.3 Å². The predicted molar refractivity (Wildman–Crippen MR) is 77.6 cm³/mol. The lowest BCUT2D eigenvalue weighted by atomic mass is 9.94. The molecule has 3 aromatic rings. The van der Waals surface area contributed by atoms with E-state index in [0.717, 1.165) is 22.3 Å². The van der Waals surface area contributed by atoms with Gasteiger partial charge < -0.3 is 0 Å². The Hall–Kier alpha value is -2.55. The van der Waals surface area contributed by atoms with Crippen LogP contribution in [0.4, 0.5) is 4.39 Å². The zero-order valence-corrected chi connectivity index (χ0v) is 11.0. The van der Waals surface area contributed by atoms with Crippen molar-refractivity contribution in [3.8, 4) is 22.3 Å². The van der Waals surface area contributed by atoms with Crippen LogP contribution in [0.2, 0.25) is 0 Å². The van der Waals surface area contributed by atoms with Crippen LogP contribution >= 0.6 is 0 Å². The minimum atomic E-state index is -0.207. The quantitative estimate of drug-likeness (QED) is 0.691. The highest BCUT2D eigenvalue weighted by Crippen LogP contribution is 2.33. The van der Waals surface area contributed by atoms with Crippen LogP contribution < -0.4 is 0 Å². The summed E-state index contributed by atoms with van der Waals surface area (Å²) in [4.78, 5) is 8.14. The summed E-state index contributed by atoms with van der Waals surface area (Å²) < 4.78 is 13.9. The summed E-state index contributed by atoms with van der Waals surface area (Å²) in [7, 11) is 0. The van der Waals surface area contributed by atoms with E-state index < -0.39 is 0 Å². The third kappa shape index (κ3) is 2.30. The molecule has 0 N–H and O–H groups in total. The van der Waals surface area contributed by atoms with Crippen molar-refractivity contribution in [2.75, 3.05) is 0 Å². The average Bonchev–Trinajstić information content (AvgIpc) is 2.51. The molecule has 0 atom stereocenters. The van der Waals surface area contributed by atoms with Gasteiger partial charge in [0.05, 0.1) is 0 Å². The number of rotatable bonds is 2. The van der Waals surface area contributed by atoms with Gasteiger partial charge in [-0.15, -0.1) is 0 Å². The lowest BCUT2D eigenvalue weighted by molar-refractivity contribution is 0.619. The minimum absolute atomic E-state index is 0.207. The van der Waals surface area contributed by atoms with Gasteiger partial charge in [-0.2, -0.15) is 0 Å². The molecule has 0 aliphatic rings. The SMILES string of the molecule is Cc1cc(-c2ccncc2)c(-c2cccnc2)cc1F. The molecular formula is C17H13FN2. The Kier molecular flexibility index (Phi) is 3.25. The highest BCUT2D eigenvalue weighted by molar-refractivity contribution is 5.83. The molecule has 0 spiro atoms. The van der Waals surface area contributed by atoms with E-state index in [0.29, 0.717) is 5.56 Å². The second-order valence-corrected chi connectivity index (χ2v) is 4.62. The zero-order chi connectivity index (χ0) is 13.9. The van der Waals surface area contributed by atoms with Crippen molar-refractivity contribution in [1.29, 1.82) is 0 Å². The first-order chi connectivity index (χ1) is 9.75. The number of nitrogens with zero attached hydrogens (tertiary/aromatic N) is 2. The van der Waals surface area contributed by atoms with Gasteiger partial charge in [-0.05, 0) is 59.5 Å². The van der Waals surface area contributed by atoms with Gasteiger partial charge in [0.2, 0.25) is 0 Å². The average molecular weight is 264 g/mol. The first-order valence-electron chi connectivity index (χ1n) is 6.36. The number of benzene rings is 1. The van der Waals surface area contributed by atoms with E-state index in [4.69, 9.17) is 0 Å². The van der Waals surface area contributed by atoms with Crippen LogP contribution in [0.3, 0.4) is 0 Å². The molecule has 0 bridgehead atoms. The fourth-order valence-corrected chi connectivity index (χ4v) is 2.21. The Labute approximate surface area is 117 Å². The first-order valence-corrected chi connectivity index (χ1v) is 6.36. The van der Waals surface area contributed by atoms with Gasteiger partial charge >= 0.3 is 0 Å². The van der Waals surface area contributed by atoms with Crippen molar-refractivity contribution >= 4 is 0 Å². The minimum Gasteiger partial charge on any atom is -0.265 e. The van der Waals surface area contributed by atoms with Crippen LogP contribution in [-0.2, 0) is 0 Å². The molecule has 0 unspecified atom stereocenters. The van der Waals surface area contributed by atoms with Crippen molar-refractivity contribution in [2.45, 2.75) is 6.92 Å². The maximum Gasteiger partial charge on any atom is 0.126 e. The Morgan fingerprint density at radius 3 is 2.30 bits per heavy atom. The molecule has 0 aliphatic carbocycles. The second kappa shape index (κ2) is 5.21. The van der Waals surface area contributed by atoms with Crippen molar-refractivity contribution in [2.24, 2.45) is 0 Å². The number of aryl methyl sites for hydroxylation is 1. The molecule has 0 saturated carbocycles. The molecule has 0 amide bonds. The van der Waals surface area contributed by atoms with E-state index in [1.165, 1.54) is 0 Å². The number of hydrogen-bond acceptors (Lipinski definition) is 2. The normalized spacial score (nSPS) is 10.5. The van der Waals surface area contributed by atoms with E-state index in [1.54, 1.807) is 37.8 Å². The molecule has 2 heterocycles. The van der Waals surface area contributed by atoms with Crippen molar-refractivity contribution in [1.82, 2.24) is 9.97 Å². The molecule has 2 nitrogen and oxygen atoms in total. The number of pyridine rings is 2. The number of halogens is 1. The maximum atomic E-state index is 13.9. The molecule has 0 saturated heterocycles. The summed E-state index contributed by atoms with van der Waals surface area (Å²) in [6.07, 6.45) is 6.93. The molecule has 1 aromatic carbocycles. The molecule has 3 heteroatoms. The standard InChI is InChI=1S/C17H13FN2/c1-12-9-15(13-4-7-19-8-5-13)16(10-17(12)18)14-3-2-6-20-11-14/h2-11H,1H3. The summed E-state index contributed by atoms with van der Waals surface area (Å²) in [5, 5.41) is 0. The van der Waals surface area contributed by atoms with Gasteiger partial charge in [0.25, 0.3) is 0 Å². The second-order valence-electron chi connectivity index (χ2n) is 4.62. The third-order valence-corrected chi connectivity index (χ3v) is 3.26. The fraction of sp³-hybridized carbons (Fsp3) is 0.0588. The fourth-order valence-electron chi connectivity index (χ4n) is 2.21. The lowest BCUT2D eigenvalue weighted by Gasteiger charge is -2.12. The monoisotopic (exact) mass is 264 g/mol. The predicted octanol–water partition coefficient (Wildman–Crippen LogP) is 4.26. The van der Waals surface area contributed by atoms with Crippen LogP contribution in [-0.4, -0.2) is 9.97 Å². The molecule has 20 heavy (non-hydrogen) atoms. The van der Waals surface area contributed by atoms with Gasteiger partial charge in [0, 0.05) is 30.4 Å². The van der Waals surface area contributed by atoms with Gasteiger partial charge in [0.15, 0.2) is 0 Å². The smallest absolute Gasteiger partial charge is 0.126 e. The topological polar surface area (TPSA) is 25.8 Å². The van der Waals surface area contributed by atoms with E-state index in [9.17, 15) is 4.39 Å². The van der Waals surface area contributed by atoms with Gasteiger partial charge in [-0.25, -0.2) is 4.39 Å². The van der Waals surface area contributed by atoms with E-state index in [2.05, 4.69) is 9.97 Å². The summed E-state index contributed by atoms with van der Waals surface area (Å²) >= 11 is 0. The van der Waals surface area contributed by atoms with Gasteiger partial charge in [0.1, 0.15) is 5.82 Å². The Bertz CT molecular complexity index is 660. The van der Waals surface area contributed by atoms with Crippen molar-refractivity contribution in [3.05, 3.63) is 72.6 Å². The molecule has 98 valence electrons. The summed E-state index contributed by atoms with van der Waals surface area (Å²) in [5.74, 6) is -0.207. The van der Waals surface area contributed by atoms with Crippen molar-refractivity contribution in [3.63, 3.8) is 0 Å². The third-order valence-electron chi connectivity index (χ3n) is 3.26. The maximum absolute atomic E-state index is 13.9. The zero-order valence-electron chi connectivity index (χ0n) is 11.0. The largest absolute Gasteiger partial charge is 0.265 e. The molecule has 3 rings (SSSR count). The van der Waals surface area contributed by atoms with Crippen LogP contribution in [0.5, 0.6) is 0 Å². The molecule has 0 aliphatic heterocycles. The molecule has 0 fully saturated rings. The van der Waals surface area contributed by atoms with Crippen LogP contribution in [0.1, 0.15) is 5.56 Å². The summed E-state index contributed by atoms with van der Waals surface area (Å²) in [5.41, 5.74) is 4.37. The first kappa shape index (κ1) is 12.5. The highest BCUT2D eigenvalue weighted by Gasteiger charge is 2.11. The number of aromatic nitrogens is 2. The van der Waals surface area contributed by atoms with E-state index >= 15 is 0 Å². The summed E-state index contributed by atoms with van der Waals surface area (Å²) in [6, 6.07) is 11.1. The highest BCUT2D eigenvalue weighted by atomic mass is 19.1. The van der Waals surface area contributed by atoms with E-state index in [-0.39, 0.29) is 5.82 Å². The van der Waals surface area contributed by atoms with Crippen molar-refractivity contribution < 1.29 is 4.39 Å². The van der Waals surface area contributed by atoms with Crippen LogP contribution in [0.15, 0.2) is 61.2 Å². The Morgan fingerprint density at radius 1 is 0.850 bits per heavy atom. The van der Waals surface area contributed by atoms with E-state index in [1.807, 2.05) is 30.3 Å². The number of hydrogen-bond donors (Lipinski definition) is 0. The molecular weight excluding hydrogens is 251 g/mol.